The van der Waals surface area contributed by atoms with Gasteiger partial charge in [0.05, 0.1) is 12.8 Å². The molecule has 4 nitrogen and oxygen atoms in total. The van der Waals surface area contributed by atoms with E-state index in [-0.39, 0.29) is 6.04 Å². The van der Waals surface area contributed by atoms with Crippen molar-refractivity contribution in [3.8, 4) is 17.0 Å². The second kappa shape index (κ2) is 7.94. The monoisotopic (exact) mass is 369 g/mol. The largest absolute Gasteiger partial charge is 0.497 e. The molecule has 136 valence electrons. The fourth-order valence-corrected chi connectivity index (χ4v) is 3.28. The second-order valence-electron chi connectivity index (χ2n) is 6.55. The van der Waals surface area contributed by atoms with Crippen molar-refractivity contribution in [3.05, 3.63) is 70.9 Å². The van der Waals surface area contributed by atoms with Crippen LogP contribution in [0.3, 0.4) is 0 Å². The van der Waals surface area contributed by atoms with Crippen LogP contribution in [0.1, 0.15) is 24.1 Å². The highest BCUT2D eigenvalue weighted by atomic mass is 35.5. The zero-order valence-electron chi connectivity index (χ0n) is 15.6. The first kappa shape index (κ1) is 18.5. The molecule has 5 heteroatoms. The summed E-state index contributed by atoms with van der Waals surface area (Å²) in [5.74, 6) is 0.878. The van der Waals surface area contributed by atoms with Gasteiger partial charge in [-0.3, -0.25) is 9.58 Å². The Morgan fingerprint density at radius 1 is 1.19 bits per heavy atom. The predicted molar refractivity (Wildman–Crippen MR) is 107 cm³/mol. The maximum Gasteiger partial charge on any atom is 0.119 e. The Hall–Kier alpha value is -2.30. The van der Waals surface area contributed by atoms with Gasteiger partial charge in [0.1, 0.15) is 5.75 Å². The van der Waals surface area contributed by atoms with Crippen molar-refractivity contribution in [2.45, 2.75) is 19.5 Å². The second-order valence-corrected chi connectivity index (χ2v) is 6.99. The van der Waals surface area contributed by atoms with E-state index in [1.165, 1.54) is 11.1 Å². The number of halogens is 1. The molecule has 0 amide bonds. The van der Waals surface area contributed by atoms with Gasteiger partial charge in [0.25, 0.3) is 0 Å². The molecular formula is C21H24ClN3O. The van der Waals surface area contributed by atoms with Gasteiger partial charge >= 0.3 is 0 Å². The summed E-state index contributed by atoms with van der Waals surface area (Å²) in [5, 5.41) is 5.37. The normalized spacial score (nSPS) is 12.4. The van der Waals surface area contributed by atoms with Crippen LogP contribution in [0.25, 0.3) is 11.3 Å². The molecule has 0 fully saturated rings. The summed E-state index contributed by atoms with van der Waals surface area (Å²) in [5.41, 5.74) is 4.40. The van der Waals surface area contributed by atoms with Gasteiger partial charge in [-0.25, -0.2) is 0 Å². The topological polar surface area (TPSA) is 30.3 Å². The molecule has 0 spiro atoms. The minimum Gasteiger partial charge on any atom is -0.497 e. The molecule has 0 bridgehead atoms. The molecule has 1 aromatic heterocycles. The Labute approximate surface area is 160 Å². The van der Waals surface area contributed by atoms with Crippen LogP contribution in [-0.2, 0) is 13.6 Å². The Morgan fingerprint density at radius 3 is 2.69 bits per heavy atom. The molecular weight excluding hydrogens is 346 g/mol. The van der Waals surface area contributed by atoms with Crippen LogP contribution in [0.5, 0.6) is 5.75 Å². The number of aryl methyl sites for hydroxylation is 1. The quantitative estimate of drug-likeness (QED) is 0.616. The molecule has 0 N–H and O–H groups in total. The van der Waals surface area contributed by atoms with Crippen LogP contribution in [-0.4, -0.2) is 28.8 Å². The van der Waals surface area contributed by atoms with Crippen LogP contribution in [0.4, 0.5) is 0 Å². The van der Waals surface area contributed by atoms with Crippen molar-refractivity contribution in [3.63, 3.8) is 0 Å². The molecule has 26 heavy (non-hydrogen) atoms. The van der Waals surface area contributed by atoms with E-state index in [0.29, 0.717) is 0 Å². The molecule has 0 aliphatic carbocycles. The fourth-order valence-electron chi connectivity index (χ4n) is 3.09. The van der Waals surface area contributed by atoms with E-state index in [4.69, 9.17) is 16.3 Å². The summed E-state index contributed by atoms with van der Waals surface area (Å²) in [6, 6.07) is 16.3. The number of rotatable bonds is 6. The third-order valence-corrected chi connectivity index (χ3v) is 4.89. The maximum atomic E-state index is 6.16. The summed E-state index contributed by atoms with van der Waals surface area (Å²) in [6.07, 6.45) is 2.07. The zero-order chi connectivity index (χ0) is 18.7. The van der Waals surface area contributed by atoms with E-state index >= 15 is 0 Å². The lowest BCUT2D eigenvalue weighted by Crippen LogP contribution is -2.22. The highest BCUT2D eigenvalue weighted by molar-refractivity contribution is 6.30. The third kappa shape index (κ3) is 4.09. The SMILES string of the molecule is COc1cccc([C@H](C)N(C)Cc2cn(C)nc2-c2cccc(Cl)c2)c1. The molecule has 0 unspecified atom stereocenters. The van der Waals surface area contributed by atoms with E-state index in [1.807, 2.05) is 48.1 Å². The lowest BCUT2D eigenvalue weighted by Gasteiger charge is -2.25. The van der Waals surface area contributed by atoms with Crippen LogP contribution in [0.15, 0.2) is 54.7 Å². The van der Waals surface area contributed by atoms with Crippen LogP contribution < -0.4 is 4.74 Å². The summed E-state index contributed by atoms with van der Waals surface area (Å²) in [4.78, 5) is 2.31. The number of ether oxygens (including phenoxy) is 1. The van der Waals surface area contributed by atoms with Gasteiger partial charge in [-0.2, -0.15) is 5.10 Å². The molecule has 0 aliphatic rings. The van der Waals surface area contributed by atoms with Gasteiger partial charge in [0.15, 0.2) is 0 Å². The molecule has 1 atom stereocenters. The summed E-state index contributed by atoms with van der Waals surface area (Å²) in [6.45, 7) is 2.98. The highest BCUT2D eigenvalue weighted by Gasteiger charge is 2.17. The van der Waals surface area contributed by atoms with Crippen LogP contribution in [0.2, 0.25) is 5.02 Å². The summed E-state index contributed by atoms with van der Waals surface area (Å²) >= 11 is 6.16. The van der Waals surface area contributed by atoms with Gasteiger partial charge in [-0.15, -0.1) is 0 Å². The third-order valence-electron chi connectivity index (χ3n) is 4.66. The van der Waals surface area contributed by atoms with E-state index in [2.05, 4.69) is 42.3 Å². The number of benzene rings is 2. The van der Waals surface area contributed by atoms with E-state index in [9.17, 15) is 0 Å². The smallest absolute Gasteiger partial charge is 0.119 e. The van der Waals surface area contributed by atoms with Crippen molar-refractivity contribution in [2.75, 3.05) is 14.2 Å². The predicted octanol–water partition coefficient (Wildman–Crippen LogP) is 4.94. The number of aromatic nitrogens is 2. The molecule has 0 saturated carbocycles. The molecule has 0 radical (unpaired) electrons. The van der Waals surface area contributed by atoms with Crippen molar-refractivity contribution >= 4 is 11.6 Å². The van der Waals surface area contributed by atoms with E-state index in [1.54, 1.807) is 7.11 Å². The Morgan fingerprint density at radius 2 is 1.96 bits per heavy atom. The van der Waals surface area contributed by atoms with Crippen molar-refractivity contribution in [1.29, 1.82) is 0 Å². The highest BCUT2D eigenvalue weighted by Crippen LogP contribution is 2.28. The first-order chi connectivity index (χ1) is 12.5. The molecule has 3 aromatic rings. The van der Waals surface area contributed by atoms with E-state index < -0.39 is 0 Å². The van der Waals surface area contributed by atoms with Gasteiger partial charge in [-0.1, -0.05) is 35.9 Å². The van der Waals surface area contributed by atoms with Crippen molar-refractivity contribution in [1.82, 2.24) is 14.7 Å². The molecule has 3 rings (SSSR count). The van der Waals surface area contributed by atoms with Crippen molar-refractivity contribution in [2.24, 2.45) is 7.05 Å². The minimum atomic E-state index is 0.248. The van der Waals surface area contributed by atoms with Gasteiger partial charge < -0.3 is 4.74 Å². The Bertz CT molecular complexity index is 890. The van der Waals surface area contributed by atoms with Gasteiger partial charge in [0, 0.05) is 42.0 Å². The Kier molecular flexibility index (Phi) is 5.64. The number of hydrogen-bond acceptors (Lipinski definition) is 3. The molecule has 0 saturated heterocycles. The van der Waals surface area contributed by atoms with Gasteiger partial charge in [0.2, 0.25) is 0 Å². The number of nitrogens with zero attached hydrogens (tertiary/aromatic N) is 3. The lowest BCUT2D eigenvalue weighted by atomic mass is 10.0. The first-order valence-corrected chi connectivity index (χ1v) is 8.98. The standard InChI is InChI=1S/C21H24ClN3O/c1-15(16-7-6-10-20(12-16)26-4)24(2)13-18-14-25(3)23-21(18)17-8-5-9-19(22)11-17/h5-12,14-15H,13H2,1-4H3/t15-/m0/s1. The molecule has 0 aliphatic heterocycles. The zero-order valence-corrected chi connectivity index (χ0v) is 16.4. The van der Waals surface area contributed by atoms with Crippen molar-refractivity contribution < 1.29 is 4.74 Å². The lowest BCUT2D eigenvalue weighted by molar-refractivity contribution is 0.253. The van der Waals surface area contributed by atoms with E-state index in [0.717, 1.165) is 28.6 Å². The number of methoxy groups -OCH3 is 1. The van der Waals surface area contributed by atoms with Crippen LogP contribution in [0, 0.1) is 0 Å². The average Bonchev–Trinajstić information content (AvgIpc) is 3.01. The van der Waals surface area contributed by atoms with Crippen LogP contribution >= 0.6 is 11.6 Å². The maximum absolute atomic E-state index is 6.16. The molecule has 2 aromatic carbocycles. The number of hydrogen-bond donors (Lipinski definition) is 0. The summed E-state index contributed by atoms with van der Waals surface area (Å²) < 4.78 is 7.21. The average molecular weight is 370 g/mol. The fraction of sp³-hybridized carbons (Fsp3) is 0.286. The minimum absolute atomic E-state index is 0.248. The summed E-state index contributed by atoms with van der Waals surface area (Å²) in [7, 11) is 5.77. The molecule has 1 heterocycles. The first-order valence-electron chi connectivity index (χ1n) is 8.60. The Balaban J connectivity index is 1.84. The van der Waals surface area contributed by atoms with Gasteiger partial charge in [-0.05, 0) is 43.8 Å².